The number of rotatable bonds is 2. The van der Waals surface area contributed by atoms with Crippen molar-refractivity contribution < 1.29 is 4.57 Å². The van der Waals surface area contributed by atoms with Crippen LogP contribution in [0.3, 0.4) is 0 Å². The zero-order valence-corrected chi connectivity index (χ0v) is 11.8. The van der Waals surface area contributed by atoms with Gasteiger partial charge in [0.15, 0.2) is 12.4 Å². The largest absolute Gasteiger partial charge is 0.248 e. The number of allylic oxidation sites excluding steroid dienone is 1. The molecule has 3 heteroatoms. The fourth-order valence-corrected chi connectivity index (χ4v) is 2.90. The summed E-state index contributed by atoms with van der Waals surface area (Å²) in [6, 6.07) is 8.47. The number of pyridine rings is 1. The topological polar surface area (TPSA) is 21.7 Å². The SMILES string of the molecule is CCC1(CC)C=C[n+]2ccccc2-c2cc(C)nn21. The molecule has 0 aromatic carbocycles. The predicted octanol–water partition coefficient (Wildman–Crippen LogP) is 3.15. The second-order valence-electron chi connectivity index (χ2n) is 5.20. The minimum Gasteiger partial charge on any atom is -0.248 e. The molecule has 2 aromatic heterocycles. The van der Waals surface area contributed by atoms with Crippen LogP contribution in [-0.4, -0.2) is 9.78 Å². The molecule has 98 valence electrons. The van der Waals surface area contributed by atoms with Crippen LogP contribution in [0.4, 0.5) is 0 Å². The Morgan fingerprint density at radius 3 is 2.79 bits per heavy atom. The van der Waals surface area contributed by atoms with E-state index in [0.717, 1.165) is 18.5 Å². The molecule has 1 aliphatic rings. The summed E-state index contributed by atoms with van der Waals surface area (Å²) in [5, 5.41) is 4.76. The molecule has 3 nitrogen and oxygen atoms in total. The molecular weight excluding hydrogens is 234 g/mol. The van der Waals surface area contributed by atoms with Gasteiger partial charge in [0.25, 0.3) is 0 Å². The molecule has 19 heavy (non-hydrogen) atoms. The van der Waals surface area contributed by atoms with Gasteiger partial charge in [-0.2, -0.15) is 9.67 Å². The quantitative estimate of drug-likeness (QED) is 0.754. The summed E-state index contributed by atoms with van der Waals surface area (Å²) < 4.78 is 4.39. The van der Waals surface area contributed by atoms with E-state index in [9.17, 15) is 0 Å². The van der Waals surface area contributed by atoms with Crippen molar-refractivity contribution in [3.63, 3.8) is 0 Å². The van der Waals surface area contributed by atoms with Gasteiger partial charge in [-0.3, -0.25) is 0 Å². The van der Waals surface area contributed by atoms with E-state index in [1.165, 1.54) is 11.4 Å². The van der Waals surface area contributed by atoms with E-state index in [0.29, 0.717) is 0 Å². The van der Waals surface area contributed by atoms with Crippen LogP contribution in [0.1, 0.15) is 32.4 Å². The van der Waals surface area contributed by atoms with Crippen molar-refractivity contribution in [2.45, 2.75) is 39.2 Å². The van der Waals surface area contributed by atoms with Crippen LogP contribution >= 0.6 is 0 Å². The molecule has 0 bridgehead atoms. The lowest BCUT2D eigenvalue weighted by Crippen LogP contribution is -2.31. The van der Waals surface area contributed by atoms with Crippen LogP contribution in [-0.2, 0) is 5.54 Å². The molecule has 3 heterocycles. The standard InChI is InChI=1S/C16H20N3/c1-4-16(5-2)9-11-18-10-7-6-8-14(18)15-12-13(3)17-19(15)16/h6-12H,4-5H2,1-3H3/q+1. The van der Waals surface area contributed by atoms with E-state index in [1.54, 1.807) is 0 Å². The first-order valence-corrected chi connectivity index (χ1v) is 6.97. The third-order valence-corrected chi connectivity index (χ3v) is 4.18. The van der Waals surface area contributed by atoms with Crippen molar-refractivity contribution >= 4 is 6.20 Å². The summed E-state index contributed by atoms with van der Waals surface area (Å²) in [5.74, 6) is 0. The third kappa shape index (κ3) is 1.72. The lowest BCUT2D eigenvalue weighted by molar-refractivity contribution is -0.556. The molecule has 0 unspecified atom stereocenters. The van der Waals surface area contributed by atoms with E-state index >= 15 is 0 Å². The first kappa shape index (κ1) is 12.2. The van der Waals surface area contributed by atoms with Crippen molar-refractivity contribution in [3.8, 4) is 11.4 Å². The normalized spacial score (nSPS) is 15.7. The summed E-state index contributed by atoms with van der Waals surface area (Å²) in [6.45, 7) is 6.53. The monoisotopic (exact) mass is 254 g/mol. The van der Waals surface area contributed by atoms with Crippen molar-refractivity contribution in [1.82, 2.24) is 9.78 Å². The van der Waals surface area contributed by atoms with Gasteiger partial charge in [-0.25, -0.2) is 4.68 Å². The van der Waals surface area contributed by atoms with Crippen LogP contribution in [0.15, 0.2) is 36.5 Å². The average Bonchev–Trinajstić information content (AvgIpc) is 2.78. The van der Waals surface area contributed by atoms with Gasteiger partial charge in [0, 0.05) is 18.2 Å². The molecule has 0 saturated heterocycles. The fraction of sp³-hybridized carbons (Fsp3) is 0.375. The van der Waals surface area contributed by atoms with E-state index in [2.05, 4.69) is 72.8 Å². The minimum atomic E-state index is -0.0182. The predicted molar refractivity (Wildman–Crippen MR) is 76.5 cm³/mol. The number of fused-ring (bicyclic) bond motifs is 3. The van der Waals surface area contributed by atoms with Gasteiger partial charge in [-0.05, 0) is 31.9 Å². The van der Waals surface area contributed by atoms with Crippen molar-refractivity contribution in [2.75, 3.05) is 0 Å². The number of aromatic nitrogens is 3. The first-order valence-electron chi connectivity index (χ1n) is 6.97. The average molecular weight is 254 g/mol. The van der Waals surface area contributed by atoms with Crippen LogP contribution in [0.5, 0.6) is 0 Å². The van der Waals surface area contributed by atoms with Gasteiger partial charge in [0.05, 0.1) is 11.2 Å². The Morgan fingerprint density at radius 1 is 1.26 bits per heavy atom. The number of aryl methyl sites for hydroxylation is 1. The maximum atomic E-state index is 4.76. The molecule has 0 radical (unpaired) electrons. The molecule has 3 rings (SSSR count). The van der Waals surface area contributed by atoms with E-state index < -0.39 is 0 Å². The highest BCUT2D eigenvalue weighted by molar-refractivity contribution is 5.54. The molecular formula is C16H20N3+. The molecule has 1 aliphatic heterocycles. The number of hydrogen-bond acceptors (Lipinski definition) is 1. The van der Waals surface area contributed by atoms with Gasteiger partial charge < -0.3 is 0 Å². The van der Waals surface area contributed by atoms with E-state index in [4.69, 9.17) is 5.10 Å². The fourth-order valence-electron chi connectivity index (χ4n) is 2.90. The first-order chi connectivity index (χ1) is 9.20. The minimum absolute atomic E-state index is 0.0182. The molecule has 0 saturated carbocycles. The third-order valence-electron chi connectivity index (χ3n) is 4.18. The van der Waals surface area contributed by atoms with Gasteiger partial charge in [-0.1, -0.05) is 13.8 Å². The second-order valence-corrected chi connectivity index (χ2v) is 5.20. The van der Waals surface area contributed by atoms with Crippen LogP contribution < -0.4 is 4.57 Å². The lowest BCUT2D eigenvalue weighted by Gasteiger charge is -2.28. The zero-order valence-electron chi connectivity index (χ0n) is 11.8. The highest BCUT2D eigenvalue weighted by atomic mass is 15.3. The Balaban J connectivity index is 2.34. The Labute approximate surface area is 114 Å². The Morgan fingerprint density at radius 2 is 2.05 bits per heavy atom. The van der Waals surface area contributed by atoms with Crippen molar-refractivity contribution in [3.05, 3.63) is 42.2 Å². The Kier molecular flexibility index (Phi) is 2.77. The number of hydrogen-bond donors (Lipinski definition) is 0. The Bertz CT molecular complexity index is 633. The van der Waals surface area contributed by atoms with E-state index in [1.807, 2.05) is 0 Å². The van der Waals surface area contributed by atoms with Gasteiger partial charge in [-0.15, -0.1) is 0 Å². The van der Waals surface area contributed by atoms with E-state index in [-0.39, 0.29) is 5.54 Å². The van der Waals surface area contributed by atoms with Gasteiger partial charge in [0.2, 0.25) is 5.69 Å². The molecule has 0 N–H and O–H groups in total. The summed E-state index contributed by atoms with van der Waals surface area (Å²) in [6.07, 6.45) is 8.65. The smallest absolute Gasteiger partial charge is 0.236 e. The molecule has 2 aromatic rings. The maximum Gasteiger partial charge on any atom is 0.236 e. The molecule has 0 aliphatic carbocycles. The molecule has 0 amide bonds. The second kappa shape index (κ2) is 4.34. The van der Waals surface area contributed by atoms with Crippen molar-refractivity contribution in [2.24, 2.45) is 0 Å². The molecule has 0 fully saturated rings. The van der Waals surface area contributed by atoms with Gasteiger partial charge >= 0.3 is 0 Å². The summed E-state index contributed by atoms with van der Waals surface area (Å²) in [7, 11) is 0. The van der Waals surface area contributed by atoms with Crippen LogP contribution in [0, 0.1) is 6.92 Å². The number of nitrogens with zero attached hydrogens (tertiary/aromatic N) is 3. The highest BCUT2D eigenvalue weighted by Gasteiger charge is 2.34. The molecule has 0 spiro atoms. The van der Waals surface area contributed by atoms with Crippen molar-refractivity contribution in [1.29, 1.82) is 0 Å². The van der Waals surface area contributed by atoms with Gasteiger partial charge in [0.1, 0.15) is 5.69 Å². The van der Waals surface area contributed by atoms with Crippen LogP contribution in [0.2, 0.25) is 0 Å². The summed E-state index contributed by atoms with van der Waals surface area (Å²) >= 11 is 0. The maximum absolute atomic E-state index is 4.76. The zero-order chi connectivity index (χ0) is 13.5. The highest BCUT2D eigenvalue weighted by Crippen LogP contribution is 2.33. The molecule has 0 atom stereocenters. The summed E-state index contributed by atoms with van der Waals surface area (Å²) in [4.78, 5) is 0. The van der Waals surface area contributed by atoms with Crippen LogP contribution in [0.25, 0.3) is 17.6 Å². The summed E-state index contributed by atoms with van der Waals surface area (Å²) in [5.41, 5.74) is 3.46. The Hall–Kier alpha value is -1.90. The lowest BCUT2D eigenvalue weighted by atomic mass is 9.93.